The molecular weight excluding hydrogens is 270 g/mol. The van der Waals surface area contributed by atoms with Crippen molar-refractivity contribution in [2.45, 2.75) is 39.0 Å². The maximum absolute atomic E-state index is 12.2. The molecule has 0 atom stereocenters. The molecule has 2 rings (SSSR count). The molecule has 2 saturated heterocycles. The van der Waals surface area contributed by atoms with Crippen LogP contribution in [0.5, 0.6) is 0 Å². The highest BCUT2D eigenvalue weighted by Crippen LogP contribution is 2.12. The Hall–Kier alpha value is -1.43. The second-order valence-electron chi connectivity index (χ2n) is 5.80. The minimum atomic E-state index is -0.216. The van der Waals surface area contributed by atoms with Crippen molar-refractivity contribution in [2.24, 2.45) is 0 Å². The molecule has 0 aromatic carbocycles. The van der Waals surface area contributed by atoms with Crippen LogP contribution in [0.2, 0.25) is 0 Å². The van der Waals surface area contributed by atoms with E-state index in [1.807, 2.05) is 0 Å². The van der Waals surface area contributed by atoms with Crippen molar-refractivity contribution in [3.8, 4) is 0 Å². The van der Waals surface area contributed by atoms with Crippen molar-refractivity contribution in [3.63, 3.8) is 0 Å². The molecule has 6 nitrogen and oxygen atoms in total. The zero-order valence-corrected chi connectivity index (χ0v) is 12.8. The monoisotopic (exact) mass is 295 g/mol. The second-order valence-corrected chi connectivity index (χ2v) is 5.80. The van der Waals surface area contributed by atoms with E-state index in [2.05, 4.69) is 11.8 Å². The van der Waals surface area contributed by atoms with E-state index in [-0.39, 0.29) is 37.1 Å². The number of likely N-dealkylation sites (tertiary alicyclic amines) is 1. The van der Waals surface area contributed by atoms with Gasteiger partial charge in [0.25, 0.3) is 0 Å². The smallest absolute Gasteiger partial charge is 0.242 e. The van der Waals surface area contributed by atoms with Gasteiger partial charge in [-0.1, -0.05) is 19.8 Å². The number of unbranched alkanes of at least 4 members (excludes halogenated alkanes) is 2. The fourth-order valence-corrected chi connectivity index (χ4v) is 2.84. The van der Waals surface area contributed by atoms with Gasteiger partial charge in [-0.3, -0.25) is 24.2 Å². The largest absolute Gasteiger partial charge is 0.339 e. The Morgan fingerprint density at radius 1 is 1.00 bits per heavy atom. The van der Waals surface area contributed by atoms with Crippen LogP contribution in [-0.2, 0) is 14.4 Å². The maximum atomic E-state index is 12.2. The highest BCUT2D eigenvalue weighted by Gasteiger charge is 2.32. The highest BCUT2D eigenvalue weighted by molar-refractivity contribution is 6.04. The average molecular weight is 295 g/mol. The van der Waals surface area contributed by atoms with Gasteiger partial charge in [-0.15, -0.1) is 0 Å². The summed E-state index contributed by atoms with van der Waals surface area (Å²) >= 11 is 0. The number of carbonyl (C=O) groups is 3. The first-order chi connectivity index (χ1) is 10.1. The van der Waals surface area contributed by atoms with E-state index in [0.29, 0.717) is 13.1 Å². The number of piperazine rings is 1. The van der Waals surface area contributed by atoms with Crippen LogP contribution in [0.3, 0.4) is 0 Å². The number of rotatable bonds is 6. The van der Waals surface area contributed by atoms with Crippen LogP contribution in [-0.4, -0.2) is 71.7 Å². The SMILES string of the molecule is CCCCCN1CCN(C(=O)CN2C(=O)CCC2=O)CC1. The summed E-state index contributed by atoms with van der Waals surface area (Å²) in [6.45, 7) is 6.38. The van der Waals surface area contributed by atoms with Gasteiger partial charge in [0.2, 0.25) is 17.7 Å². The highest BCUT2D eigenvalue weighted by atomic mass is 16.2. The van der Waals surface area contributed by atoms with Crippen molar-refractivity contribution >= 4 is 17.7 Å². The Kier molecular flexibility index (Phi) is 5.73. The lowest BCUT2D eigenvalue weighted by molar-refractivity contribution is -0.146. The molecule has 2 fully saturated rings. The Balaban J connectivity index is 1.73. The number of amides is 3. The average Bonchev–Trinajstić information content (AvgIpc) is 2.80. The first kappa shape index (κ1) is 15.9. The molecule has 0 aliphatic carbocycles. The quantitative estimate of drug-likeness (QED) is 0.528. The van der Waals surface area contributed by atoms with Gasteiger partial charge in [0.15, 0.2) is 0 Å². The molecule has 0 aromatic heterocycles. The topological polar surface area (TPSA) is 60.9 Å². The van der Waals surface area contributed by atoms with E-state index in [4.69, 9.17) is 0 Å². The summed E-state index contributed by atoms with van der Waals surface area (Å²) in [6.07, 6.45) is 4.17. The van der Waals surface area contributed by atoms with E-state index in [9.17, 15) is 14.4 Å². The maximum Gasteiger partial charge on any atom is 0.242 e. The fraction of sp³-hybridized carbons (Fsp3) is 0.800. The number of hydrogen-bond acceptors (Lipinski definition) is 4. The van der Waals surface area contributed by atoms with Gasteiger partial charge < -0.3 is 4.90 Å². The van der Waals surface area contributed by atoms with E-state index < -0.39 is 0 Å². The van der Waals surface area contributed by atoms with E-state index in [0.717, 1.165) is 24.5 Å². The molecule has 0 N–H and O–H groups in total. The van der Waals surface area contributed by atoms with Gasteiger partial charge in [-0.2, -0.15) is 0 Å². The molecule has 21 heavy (non-hydrogen) atoms. The molecule has 2 heterocycles. The van der Waals surface area contributed by atoms with Crippen LogP contribution in [0.15, 0.2) is 0 Å². The van der Waals surface area contributed by atoms with Gasteiger partial charge in [0.1, 0.15) is 6.54 Å². The van der Waals surface area contributed by atoms with Crippen LogP contribution in [0.25, 0.3) is 0 Å². The third-order valence-electron chi connectivity index (χ3n) is 4.25. The Bertz CT molecular complexity index is 387. The van der Waals surface area contributed by atoms with Crippen molar-refractivity contribution < 1.29 is 14.4 Å². The van der Waals surface area contributed by atoms with E-state index in [1.165, 1.54) is 19.3 Å². The van der Waals surface area contributed by atoms with Crippen LogP contribution in [0.1, 0.15) is 39.0 Å². The molecule has 3 amide bonds. The normalized spacial score (nSPS) is 20.4. The van der Waals surface area contributed by atoms with Gasteiger partial charge in [0.05, 0.1) is 0 Å². The first-order valence-corrected chi connectivity index (χ1v) is 7.95. The van der Waals surface area contributed by atoms with Gasteiger partial charge >= 0.3 is 0 Å². The summed E-state index contributed by atoms with van der Waals surface area (Å²) < 4.78 is 0. The molecule has 118 valence electrons. The lowest BCUT2D eigenvalue weighted by Crippen LogP contribution is -2.51. The molecular formula is C15H25N3O3. The zero-order chi connectivity index (χ0) is 15.2. The van der Waals surface area contributed by atoms with E-state index in [1.54, 1.807) is 4.90 Å². The fourth-order valence-electron chi connectivity index (χ4n) is 2.84. The summed E-state index contributed by atoms with van der Waals surface area (Å²) in [5.41, 5.74) is 0. The zero-order valence-electron chi connectivity index (χ0n) is 12.8. The molecule has 6 heteroatoms. The lowest BCUT2D eigenvalue weighted by atomic mass is 10.2. The molecule has 2 aliphatic heterocycles. The molecule has 0 aromatic rings. The predicted molar refractivity (Wildman–Crippen MR) is 78.5 cm³/mol. The summed E-state index contributed by atoms with van der Waals surface area (Å²) in [5.74, 6) is -0.537. The Morgan fingerprint density at radius 3 is 2.19 bits per heavy atom. The molecule has 0 saturated carbocycles. The molecule has 0 radical (unpaired) electrons. The predicted octanol–water partition coefficient (Wildman–Crippen LogP) is 0.470. The summed E-state index contributed by atoms with van der Waals surface area (Å²) in [4.78, 5) is 40.5. The Labute approximate surface area is 126 Å². The minimum Gasteiger partial charge on any atom is -0.339 e. The van der Waals surface area contributed by atoms with E-state index >= 15 is 0 Å². The van der Waals surface area contributed by atoms with Crippen molar-refractivity contribution in [2.75, 3.05) is 39.3 Å². The van der Waals surface area contributed by atoms with Gasteiger partial charge in [0, 0.05) is 39.0 Å². The third kappa shape index (κ3) is 4.27. The Morgan fingerprint density at radius 2 is 1.62 bits per heavy atom. The summed E-state index contributed by atoms with van der Waals surface area (Å²) in [7, 11) is 0. The molecule has 0 unspecified atom stereocenters. The van der Waals surface area contributed by atoms with Crippen molar-refractivity contribution in [1.82, 2.24) is 14.7 Å². The standard InChI is InChI=1S/C15H25N3O3/c1-2-3-4-7-16-8-10-17(11-9-16)15(21)12-18-13(19)5-6-14(18)20/h2-12H2,1H3. The minimum absolute atomic E-state index is 0.0759. The number of imide groups is 1. The number of carbonyl (C=O) groups excluding carboxylic acids is 3. The number of nitrogens with zero attached hydrogens (tertiary/aromatic N) is 3. The summed E-state index contributed by atoms with van der Waals surface area (Å²) in [5, 5.41) is 0. The second kappa shape index (κ2) is 7.54. The van der Waals surface area contributed by atoms with Gasteiger partial charge in [-0.05, 0) is 13.0 Å². The van der Waals surface area contributed by atoms with Crippen LogP contribution in [0.4, 0.5) is 0 Å². The third-order valence-corrected chi connectivity index (χ3v) is 4.25. The molecule has 0 bridgehead atoms. The lowest BCUT2D eigenvalue weighted by Gasteiger charge is -2.35. The van der Waals surface area contributed by atoms with Crippen LogP contribution < -0.4 is 0 Å². The molecule has 0 spiro atoms. The van der Waals surface area contributed by atoms with Crippen LogP contribution >= 0.6 is 0 Å². The summed E-state index contributed by atoms with van der Waals surface area (Å²) in [6, 6.07) is 0. The van der Waals surface area contributed by atoms with Crippen molar-refractivity contribution in [1.29, 1.82) is 0 Å². The first-order valence-electron chi connectivity index (χ1n) is 7.95. The van der Waals surface area contributed by atoms with Crippen molar-refractivity contribution in [3.05, 3.63) is 0 Å². The molecule has 2 aliphatic rings. The van der Waals surface area contributed by atoms with Crippen LogP contribution in [0, 0.1) is 0 Å². The number of hydrogen-bond donors (Lipinski definition) is 0. The van der Waals surface area contributed by atoms with Gasteiger partial charge in [-0.25, -0.2) is 0 Å².